The number of carbonyl (C=O) groups is 1. The summed E-state index contributed by atoms with van der Waals surface area (Å²) in [5.41, 5.74) is 1.27. The molecule has 1 unspecified atom stereocenters. The first-order valence-electron chi connectivity index (χ1n) is 8.17. The van der Waals surface area contributed by atoms with Gasteiger partial charge in [0.2, 0.25) is 0 Å². The van der Waals surface area contributed by atoms with Gasteiger partial charge in [-0.2, -0.15) is 0 Å². The molecule has 1 atom stereocenters. The topological polar surface area (TPSA) is 41.6 Å². The van der Waals surface area contributed by atoms with Gasteiger partial charge in [-0.15, -0.1) is 11.3 Å². The number of methoxy groups -OCH3 is 1. The second-order valence-electron chi connectivity index (χ2n) is 6.39. The number of hydrogen-bond donors (Lipinski definition) is 1. The molecule has 22 heavy (non-hydrogen) atoms. The minimum Gasteiger partial charge on any atom is -0.495 e. The van der Waals surface area contributed by atoms with Crippen molar-refractivity contribution in [3.63, 3.8) is 0 Å². The molecule has 0 saturated carbocycles. The van der Waals surface area contributed by atoms with Crippen molar-refractivity contribution in [2.45, 2.75) is 51.5 Å². The summed E-state index contributed by atoms with van der Waals surface area (Å²) in [5, 5.41) is 3.13. The van der Waals surface area contributed by atoms with Crippen LogP contribution < -0.4 is 10.1 Å². The van der Waals surface area contributed by atoms with Crippen LogP contribution in [-0.2, 0) is 12.8 Å². The molecule has 0 saturated heterocycles. The summed E-state index contributed by atoms with van der Waals surface area (Å²) in [7, 11) is 5.82. The van der Waals surface area contributed by atoms with Crippen LogP contribution in [-0.4, -0.2) is 44.6 Å². The second-order valence-corrected chi connectivity index (χ2v) is 7.50. The van der Waals surface area contributed by atoms with E-state index in [1.54, 1.807) is 18.4 Å². The maximum absolute atomic E-state index is 12.6. The Labute approximate surface area is 137 Å². The Bertz CT molecular complexity index is 511. The predicted octanol–water partition coefficient (Wildman–Crippen LogP) is 3.10. The molecule has 1 N–H and O–H groups in total. The quantitative estimate of drug-likeness (QED) is 0.838. The number of ether oxygens (including phenoxy) is 1. The minimum atomic E-state index is 0.0219. The molecule has 1 aromatic heterocycles. The molecule has 2 rings (SSSR count). The van der Waals surface area contributed by atoms with E-state index in [0.29, 0.717) is 0 Å². The Morgan fingerprint density at radius 1 is 1.36 bits per heavy atom. The fourth-order valence-corrected chi connectivity index (χ4v) is 4.24. The number of hydrogen-bond acceptors (Lipinski definition) is 4. The van der Waals surface area contributed by atoms with Gasteiger partial charge >= 0.3 is 0 Å². The number of aryl methyl sites for hydroxylation is 1. The van der Waals surface area contributed by atoms with Crippen LogP contribution in [0.4, 0.5) is 0 Å². The van der Waals surface area contributed by atoms with Gasteiger partial charge in [0.05, 0.1) is 7.11 Å². The van der Waals surface area contributed by atoms with Crippen molar-refractivity contribution in [3.8, 4) is 5.75 Å². The number of rotatable bonds is 7. The van der Waals surface area contributed by atoms with Gasteiger partial charge in [0.1, 0.15) is 10.6 Å². The summed E-state index contributed by atoms with van der Waals surface area (Å²) < 4.78 is 5.54. The van der Waals surface area contributed by atoms with Crippen molar-refractivity contribution in [2.75, 3.05) is 27.7 Å². The van der Waals surface area contributed by atoms with Crippen molar-refractivity contribution in [1.29, 1.82) is 0 Å². The molecule has 124 valence electrons. The molecule has 5 heteroatoms. The lowest BCUT2D eigenvalue weighted by Crippen LogP contribution is -2.32. The van der Waals surface area contributed by atoms with E-state index in [1.807, 2.05) is 0 Å². The van der Waals surface area contributed by atoms with Gasteiger partial charge < -0.3 is 15.0 Å². The number of amides is 1. The first-order chi connectivity index (χ1) is 10.5. The van der Waals surface area contributed by atoms with Crippen molar-refractivity contribution in [1.82, 2.24) is 10.2 Å². The van der Waals surface area contributed by atoms with Crippen LogP contribution in [0.2, 0.25) is 0 Å². The standard InChI is InChI=1S/C17H28N2O2S/c1-12(8-7-11-19(2)3)18-17(20)16-15(21-4)13-9-5-6-10-14(13)22-16/h12H,5-11H2,1-4H3,(H,18,20). The number of nitrogens with one attached hydrogen (secondary N) is 1. The van der Waals surface area contributed by atoms with Gasteiger partial charge in [-0.1, -0.05) is 0 Å². The molecule has 1 aromatic rings. The van der Waals surface area contributed by atoms with E-state index >= 15 is 0 Å². The predicted molar refractivity (Wildman–Crippen MR) is 92.2 cm³/mol. The molecule has 1 aliphatic rings. The molecule has 1 heterocycles. The van der Waals surface area contributed by atoms with E-state index in [1.165, 1.54) is 23.3 Å². The monoisotopic (exact) mass is 324 g/mol. The maximum Gasteiger partial charge on any atom is 0.265 e. The number of thiophene rings is 1. The maximum atomic E-state index is 12.6. The Kier molecular flexibility index (Phi) is 6.26. The lowest BCUT2D eigenvalue weighted by Gasteiger charge is -2.16. The Hall–Kier alpha value is -1.07. The van der Waals surface area contributed by atoms with Gasteiger partial charge in [0.15, 0.2) is 0 Å². The third-order valence-corrected chi connectivity index (χ3v) is 5.42. The zero-order chi connectivity index (χ0) is 16.1. The van der Waals surface area contributed by atoms with Gasteiger partial charge in [-0.3, -0.25) is 4.79 Å². The van der Waals surface area contributed by atoms with Crippen LogP contribution in [0.5, 0.6) is 5.75 Å². The number of fused-ring (bicyclic) bond motifs is 1. The van der Waals surface area contributed by atoms with Crippen molar-refractivity contribution >= 4 is 17.2 Å². The first-order valence-corrected chi connectivity index (χ1v) is 8.98. The molecule has 0 spiro atoms. The molecule has 0 bridgehead atoms. The van der Waals surface area contributed by atoms with Crippen molar-refractivity contribution < 1.29 is 9.53 Å². The highest BCUT2D eigenvalue weighted by Crippen LogP contribution is 2.39. The zero-order valence-corrected chi connectivity index (χ0v) is 15.0. The fraction of sp³-hybridized carbons (Fsp3) is 0.706. The summed E-state index contributed by atoms with van der Waals surface area (Å²) in [5.74, 6) is 0.839. The largest absolute Gasteiger partial charge is 0.495 e. The Balaban J connectivity index is 1.99. The van der Waals surface area contributed by atoms with E-state index in [9.17, 15) is 4.79 Å². The summed E-state index contributed by atoms with van der Waals surface area (Å²) in [6, 6.07) is 0.191. The molecule has 1 amide bonds. The molecular weight excluding hydrogens is 296 g/mol. The lowest BCUT2D eigenvalue weighted by molar-refractivity contribution is 0.0939. The Morgan fingerprint density at radius 2 is 2.09 bits per heavy atom. The summed E-state index contributed by atoms with van der Waals surface area (Å²) in [6.45, 7) is 3.13. The second kappa shape index (κ2) is 7.97. The van der Waals surface area contributed by atoms with Crippen molar-refractivity contribution in [2.24, 2.45) is 0 Å². The molecule has 0 fully saturated rings. The Morgan fingerprint density at radius 3 is 2.77 bits per heavy atom. The molecule has 4 nitrogen and oxygen atoms in total. The number of nitrogens with zero attached hydrogens (tertiary/aromatic N) is 1. The molecule has 1 aliphatic carbocycles. The third kappa shape index (κ3) is 4.23. The van der Waals surface area contributed by atoms with Crippen LogP contribution in [0.15, 0.2) is 0 Å². The van der Waals surface area contributed by atoms with Crippen LogP contribution in [0, 0.1) is 0 Å². The average Bonchev–Trinajstić information content (AvgIpc) is 2.85. The normalized spacial score (nSPS) is 15.5. The molecule has 0 aliphatic heterocycles. The van der Waals surface area contributed by atoms with E-state index in [0.717, 1.165) is 42.9 Å². The summed E-state index contributed by atoms with van der Waals surface area (Å²) in [6.07, 6.45) is 6.63. The van der Waals surface area contributed by atoms with Crippen LogP contribution >= 0.6 is 11.3 Å². The summed E-state index contributed by atoms with van der Waals surface area (Å²) in [4.78, 5) is 16.8. The minimum absolute atomic E-state index is 0.0219. The van der Waals surface area contributed by atoms with E-state index in [4.69, 9.17) is 4.74 Å². The lowest BCUT2D eigenvalue weighted by atomic mass is 9.98. The van der Waals surface area contributed by atoms with E-state index in [-0.39, 0.29) is 11.9 Å². The van der Waals surface area contributed by atoms with Crippen LogP contribution in [0.1, 0.15) is 52.7 Å². The van der Waals surface area contributed by atoms with E-state index < -0.39 is 0 Å². The molecular formula is C17H28N2O2S. The van der Waals surface area contributed by atoms with Gasteiger partial charge in [-0.05, 0) is 66.1 Å². The first kappa shape index (κ1) is 17.3. The smallest absolute Gasteiger partial charge is 0.265 e. The fourth-order valence-electron chi connectivity index (χ4n) is 2.98. The number of carbonyl (C=O) groups excluding carboxylic acids is 1. The highest BCUT2D eigenvalue weighted by Gasteiger charge is 2.25. The van der Waals surface area contributed by atoms with Gasteiger partial charge in [-0.25, -0.2) is 0 Å². The van der Waals surface area contributed by atoms with Crippen LogP contribution in [0.25, 0.3) is 0 Å². The van der Waals surface area contributed by atoms with Crippen molar-refractivity contribution in [3.05, 3.63) is 15.3 Å². The zero-order valence-electron chi connectivity index (χ0n) is 14.2. The SMILES string of the molecule is COc1c(C(=O)NC(C)CCCN(C)C)sc2c1CCCC2. The summed E-state index contributed by atoms with van der Waals surface area (Å²) >= 11 is 1.62. The van der Waals surface area contributed by atoms with Crippen LogP contribution in [0.3, 0.4) is 0 Å². The molecule has 0 aromatic carbocycles. The van der Waals surface area contributed by atoms with Gasteiger partial charge in [0, 0.05) is 16.5 Å². The highest BCUT2D eigenvalue weighted by molar-refractivity contribution is 7.14. The highest BCUT2D eigenvalue weighted by atomic mass is 32.1. The van der Waals surface area contributed by atoms with E-state index in [2.05, 4.69) is 31.2 Å². The average molecular weight is 324 g/mol. The van der Waals surface area contributed by atoms with Gasteiger partial charge in [0.25, 0.3) is 5.91 Å². The molecule has 0 radical (unpaired) electrons. The third-order valence-electron chi connectivity index (χ3n) is 4.15.